The molecule has 7 heteroatoms. The molecule has 0 heterocycles. The molecular formula is C8H23IN3OPS. The summed E-state index contributed by atoms with van der Waals surface area (Å²) in [6, 6.07) is 0.117. The number of halogens is 1. The number of nitrogens with two attached hydrogens (primary N) is 1. The van der Waals surface area contributed by atoms with Gasteiger partial charge in [-0.15, -0.1) is 0 Å². The molecule has 0 aromatic carbocycles. The Kier molecular flexibility index (Phi) is 6.70. The van der Waals surface area contributed by atoms with Crippen LogP contribution in [0.5, 0.6) is 0 Å². The number of nitrogens with one attached hydrogen (secondary N) is 1. The Labute approximate surface area is 110 Å². The van der Waals surface area contributed by atoms with Crippen molar-refractivity contribution in [2.24, 2.45) is 5.84 Å². The van der Waals surface area contributed by atoms with Crippen molar-refractivity contribution in [1.29, 1.82) is 0 Å². The fourth-order valence-corrected chi connectivity index (χ4v) is 3.45. The highest BCUT2D eigenvalue weighted by molar-refractivity contribution is 14.1. The summed E-state index contributed by atoms with van der Waals surface area (Å²) in [6.07, 6.45) is 1.76. The van der Waals surface area contributed by atoms with Crippen LogP contribution in [-0.2, 0) is 9.74 Å². The van der Waals surface area contributed by atoms with E-state index in [9.17, 15) is 4.21 Å². The maximum atomic E-state index is 11.9. The van der Waals surface area contributed by atoms with E-state index in [2.05, 4.69) is 50.3 Å². The Hall–Kier alpha value is 1.19. The lowest BCUT2D eigenvalue weighted by molar-refractivity contribution is 0.351. The van der Waals surface area contributed by atoms with Crippen LogP contribution in [0.4, 0.5) is 0 Å². The van der Waals surface area contributed by atoms with E-state index in [1.54, 1.807) is 6.26 Å². The van der Waals surface area contributed by atoms with E-state index < -0.39 is 9.74 Å². The van der Waals surface area contributed by atoms with Gasteiger partial charge in [0.2, 0.25) is 0 Å². The van der Waals surface area contributed by atoms with Crippen LogP contribution in [0.2, 0.25) is 0 Å². The molecule has 4 nitrogen and oxygen atoms in total. The summed E-state index contributed by atoms with van der Waals surface area (Å²) in [5, 5.41) is 0. The summed E-state index contributed by atoms with van der Waals surface area (Å²) in [5.41, 5.74) is 2.80. The number of hydrogen-bond acceptors (Lipinski definition) is 3. The van der Waals surface area contributed by atoms with Crippen LogP contribution in [-0.4, -0.2) is 37.3 Å². The van der Waals surface area contributed by atoms with E-state index in [1.807, 2.05) is 11.2 Å². The Morgan fingerprint density at radius 2 is 2.13 bits per heavy atom. The third-order valence-electron chi connectivity index (χ3n) is 2.35. The van der Waals surface area contributed by atoms with Gasteiger partial charge in [-0.3, -0.25) is 15.5 Å². The average Bonchev–Trinajstić information content (AvgIpc) is 2.01. The van der Waals surface area contributed by atoms with Crippen LogP contribution in [0.3, 0.4) is 0 Å². The fourth-order valence-electron chi connectivity index (χ4n) is 1.25. The van der Waals surface area contributed by atoms with Crippen LogP contribution in [0.25, 0.3) is 0 Å². The zero-order valence-corrected chi connectivity index (χ0v) is 14.0. The minimum Gasteiger partial charge on any atom is -0.271 e. The first-order valence-electron chi connectivity index (χ1n) is 4.89. The van der Waals surface area contributed by atoms with Gasteiger partial charge in [-0.05, 0) is 23.6 Å². The lowest BCUT2D eigenvalue weighted by Gasteiger charge is -2.36. The molecule has 0 saturated carbocycles. The number of nitrogens with zero attached hydrogens (tertiary/aromatic N) is 1. The molecule has 0 saturated heterocycles. The highest BCUT2D eigenvalue weighted by Gasteiger charge is 2.28. The smallest absolute Gasteiger partial charge is 0.0487 e. The Bertz CT molecular complexity index is 241. The Morgan fingerprint density at radius 3 is 2.33 bits per heavy atom. The number of rotatable bonds is 6. The molecule has 0 aliphatic heterocycles. The molecule has 0 aromatic rings. The molecule has 0 aliphatic rings. The van der Waals surface area contributed by atoms with Gasteiger partial charge in [0, 0.05) is 28.8 Å². The summed E-state index contributed by atoms with van der Waals surface area (Å²) >= 11 is 2.35. The SMILES string of the molecule is CCN(CC(NN)C(C)(C)I)[SH](C)(=O)P. The summed E-state index contributed by atoms with van der Waals surface area (Å²) in [7, 11) is 0.176. The third-order valence-corrected chi connectivity index (χ3v) is 5.65. The molecule has 15 heavy (non-hydrogen) atoms. The van der Waals surface area contributed by atoms with Crippen molar-refractivity contribution in [3.63, 3.8) is 0 Å². The number of hydrazine groups is 1. The van der Waals surface area contributed by atoms with Gasteiger partial charge < -0.3 is 0 Å². The Morgan fingerprint density at radius 1 is 1.67 bits per heavy atom. The van der Waals surface area contributed by atoms with E-state index >= 15 is 0 Å². The molecule has 3 N–H and O–H groups in total. The largest absolute Gasteiger partial charge is 0.271 e. The summed E-state index contributed by atoms with van der Waals surface area (Å²) < 4.78 is 13.9. The topological polar surface area (TPSA) is 58.4 Å². The maximum Gasteiger partial charge on any atom is 0.0487 e. The number of alkyl halides is 1. The molecule has 0 fully saturated rings. The normalized spacial score (nSPS) is 16.8. The second kappa shape index (κ2) is 6.21. The van der Waals surface area contributed by atoms with Gasteiger partial charge in [-0.25, -0.2) is 4.31 Å². The molecule has 2 unspecified atom stereocenters. The van der Waals surface area contributed by atoms with Crippen LogP contribution in [0.1, 0.15) is 20.8 Å². The predicted octanol–water partition coefficient (Wildman–Crippen LogP) is 0.705. The van der Waals surface area contributed by atoms with Crippen molar-refractivity contribution in [2.75, 3.05) is 19.3 Å². The van der Waals surface area contributed by atoms with Crippen molar-refractivity contribution >= 4 is 40.8 Å². The summed E-state index contributed by atoms with van der Waals surface area (Å²) in [6.45, 7) is 7.68. The van der Waals surface area contributed by atoms with Gasteiger partial charge >= 0.3 is 0 Å². The molecule has 0 spiro atoms. The molecule has 0 rings (SSSR count). The van der Waals surface area contributed by atoms with Crippen LogP contribution in [0, 0.1) is 0 Å². The van der Waals surface area contributed by atoms with E-state index in [4.69, 9.17) is 5.84 Å². The summed E-state index contributed by atoms with van der Waals surface area (Å²) in [4.78, 5) is 0. The van der Waals surface area contributed by atoms with E-state index in [0.29, 0.717) is 6.54 Å². The Balaban J connectivity index is 4.60. The van der Waals surface area contributed by atoms with Crippen molar-refractivity contribution in [2.45, 2.75) is 30.2 Å². The second-order valence-corrected chi connectivity index (χ2v) is 12.3. The first kappa shape index (κ1) is 16.2. The van der Waals surface area contributed by atoms with Gasteiger partial charge in [0.15, 0.2) is 0 Å². The fraction of sp³-hybridized carbons (Fsp3) is 1.00. The first-order chi connectivity index (χ1) is 6.62. The zero-order chi connectivity index (χ0) is 12.3. The predicted molar refractivity (Wildman–Crippen MR) is 81.6 cm³/mol. The first-order valence-corrected chi connectivity index (χ1v) is 9.69. The summed E-state index contributed by atoms with van der Waals surface area (Å²) in [5.74, 6) is 5.53. The highest BCUT2D eigenvalue weighted by atomic mass is 127. The third kappa shape index (κ3) is 5.89. The molecule has 2 atom stereocenters. The monoisotopic (exact) mass is 367 g/mol. The average molecular weight is 367 g/mol. The highest BCUT2D eigenvalue weighted by Crippen LogP contribution is 2.25. The van der Waals surface area contributed by atoms with Crippen molar-refractivity contribution < 1.29 is 4.21 Å². The van der Waals surface area contributed by atoms with Gasteiger partial charge in [0.25, 0.3) is 0 Å². The number of thiol groups is 1. The standard InChI is InChI=1S/C8H23IN3OPS/c1-5-12(15(4,13)14)6-7(11-10)8(2,3)9/h7,11,15H,5-6,10,14H2,1-4H3. The quantitative estimate of drug-likeness (QED) is 0.162. The van der Waals surface area contributed by atoms with Gasteiger partial charge in [0.05, 0.1) is 0 Å². The molecule has 94 valence electrons. The van der Waals surface area contributed by atoms with Crippen molar-refractivity contribution in [1.82, 2.24) is 9.73 Å². The molecule has 0 bridgehead atoms. The van der Waals surface area contributed by atoms with E-state index in [-0.39, 0.29) is 9.46 Å². The maximum absolute atomic E-state index is 11.9. The van der Waals surface area contributed by atoms with Gasteiger partial charge in [0.1, 0.15) is 0 Å². The lowest BCUT2D eigenvalue weighted by atomic mass is 10.1. The van der Waals surface area contributed by atoms with Crippen molar-refractivity contribution in [3.05, 3.63) is 0 Å². The number of hydrogen-bond donors (Lipinski definition) is 3. The second-order valence-electron chi connectivity index (χ2n) is 4.23. The number of likely N-dealkylation sites (N-methyl/N-ethyl adjacent to an activating group) is 1. The van der Waals surface area contributed by atoms with Gasteiger partial charge in [-0.2, -0.15) is 0 Å². The van der Waals surface area contributed by atoms with Crippen LogP contribution in [0.15, 0.2) is 0 Å². The van der Waals surface area contributed by atoms with E-state index in [1.165, 1.54) is 0 Å². The van der Waals surface area contributed by atoms with Crippen LogP contribution >= 0.6 is 31.0 Å². The van der Waals surface area contributed by atoms with Gasteiger partial charge in [-0.1, -0.05) is 38.0 Å². The van der Waals surface area contributed by atoms with Crippen LogP contribution < -0.4 is 11.3 Å². The molecular weight excluding hydrogens is 344 g/mol. The molecule has 0 radical (unpaired) electrons. The van der Waals surface area contributed by atoms with E-state index in [0.717, 1.165) is 6.54 Å². The minimum atomic E-state index is -2.26. The molecule has 0 aliphatic carbocycles. The zero-order valence-electron chi connectivity index (χ0n) is 9.83. The minimum absolute atomic E-state index is 0.0275. The van der Waals surface area contributed by atoms with Crippen molar-refractivity contribution in [3.8, 4) is 0 Å². The molecule has 0 amide bonds. The molecule has 0 aromatic heterocycles. The lowest BCUT2D eigenvalue weighted by Crippen LogP contribution is -2.54.